The maximum atomic E-state index is 10.6. The fourth-order valence-electron chi connectivity index (χ4n) is 1.60. The molecule has 0 aromatic heterocycles. The minimum atomic E-state index is -1.02. The SMILES string of the molecule is COc1cc(/C=C/C(=O)O)cc(OC)c1OCC=C(C)C. The molecule has 21 heavy (non-hydrogen) atoms. The van der Waals surface area contributed by atoms with Gasteiger partial charge in [0.05, 0.1) is 14.2 Å². The van der Waals surface area contributed by atoms with Crippen molar-refractivity contribution in [3.8, 4) is 17.2 Å². The smallest absolute Gasteiger partial charge is 0.328 e. The fraction of sp³-hybridized carbons (Fsp3) is 0.312. The van der Waals surface area contributed by atoms with Gasteiger partial charge in [-0.25, -0.2) is 4.79 Å². The van der Waals surface area contributed by atoms with E-state index in [-0.39, 0.29) is 0 Å². The largest absolute Gasteiger partial charge is 0.493 e. The van der Waals surface area contributed by atoms with Crippen LogP contribution >= 0.6 is 0 Å². The molecule has 0 atom stereocenters. The molecule has 0 unspecified atom stereocenters. The van der Waals surface area contributed by atoms with Gasteiger partial charge in [-0.3, -0.25) is 0 Å². The van der Waals surface area contributed by atoms with E-state index in [9.17, 15) is 4.79 Å². The van der Waals surface area contributed by atoms with Crippen LogP contribution in [0.4, 0.5) is 0 Å². The first-order valence-corrected chi connectivity index (χ1v) is 6.41. The summed E-state index contributed by atoms with van der Waals surface area (Å²) >= 11 is 0. The van der Waals surface area contributed by atoms with Crippen LogP contribution in [0, 0.1) is 0 Å². The molecule has 1 aromatic carbocycles. The average molecular weight is 292 g/mol. The number of ether oxygens (including phenoxy) is 3. The first-order valence-electron chi connectivity index (χ1n) is 6.41. The first-order chi connectivity index (χ1) is 9.97. The number of hydrogen-bond acceptors (Lipinski definition) is 4. The molecule has 0 aliphatic carbocycles. The highest BCUT2D eigenvalue weighted by Crippen LogP contribution is 2.38. The summed E-state index contributed by atoms with van der Waals surface area (Å²) in [6.45, 7) is 4.37. The molecule has 114 valence electrons. The van der Waals surface area contributed by atoms with Crippen LogP contribution in [0.3, 0.4) is 0 Å². The van der Waals surface area contributed by atoms with Gasteiger partial charge in [0, 0.05) is 6.08 Å². The van der Waals surface area contributed by atoms with Crippen molar-refractivity contribution in [3.05, 3.63) is 35.4 Å². The van der Waals surface area contributed by atoms with Gasteiger partial charge in [-0.2, -0.15) is 0 Å². The molecule has 0 aliphatic rings. The second-order valence-electron chi connectivity index (χ2n) is 4.52. The summed E-state index contributed by atoms with van der Waals surface area (Å²) in [5.41, 5.74) is 1.80. The van der Waals surface area contributed by atoms with Gasteiger partial charge in [0.25, 0.3) is 0 Å². The Morgan fingerprint density at radius 2 is 1.76 bits per heavy atom. The van der Waals surface area contributed by atoms with Gasteiger partial charge in [-0.05, 0) is 43.7 Å². The van der Waals surface area contributed by atoms with E-state index in [0.29, 0.717) is 29.4 Å². The molecule has 0 saturated heterocycles. The Kier molecular flexibility index (Phi) is 6.33. The van der Waals surface area contributed by atoms with Crippen molar-refractivity contribution in [3.63, 3.8) is 0 Å². The van der Waals surface area contributed by atoms with E-state index in [4.69, 9.17) is 19.3 Å². The molecule has 0 radical (unpaired) electrons. The molecular weight excluding hydrogens is 272 g/mol. The molecule has 5 nitrogen and oxygen atoms in total. The Balaban J connectivity index is 3.12. The molecule has 0 saturated carbocycles. The number of methoxy groups -OCH3 is 2. The van der Waals surface area contributed by atoms with Crippen molar-refractivity contribution < 1.29 is 24.1 Å². The lowest BCUT2D eigenvalue weighted by Crippen LogP contribution is -2.00. The van der Waals surface area contributed by atoms with E-state index in [0.717, 1.165) is 11.6 Å². The molecule has 1 rings (SSSR count). The van der Waals surface area contributed by atoms with E-state index < -0.39 is 5.97 Å². The third-order valence-electron chi connectivity index (χ3n) is 2.62. The zero-order valence-corrected chi connectivity index (χ0v) is 12.7. The van der Waals surface area contributed by atoms with Crippen LogP contribution in [0.25, 0.3) is 6.08 Å². The molecule has 1 N–H and O–H groups in total. The minimum Gasteiger partial charge on any atom is -0.493 e. The van der Waals surface area contributed by atoms with Crippen LogP contribution in [0.2, 0.25) is 0 Å². The van der Waals surface area contributed by atoms with Crippen LogP contribution in [-0.2, 0) is 4.79 Å². The van der Waals surface area contributed by atoms with Gasteiger partial charge in [-0.1, -0.05) is 5.57 Å². The van der Waals surface area contributed by atoms with Crippen LogP contribution < -0.4 is 14.2 Å². The predicted molar refractivity (Wildman–Crippen MR) is 81.1 cm³/mol. The van der Waals surface area contributed by atoms with E-state index >= 15 is 0 Å². The highest BCUT2D eigenvalue weighted by molar-refractivity contribution is 5.85. The maximum absolute atomic E-state index is 10.6. The van der Waals surface area contributed by atoms with Crippen molar-refractivity contribution in [2.24, 2.45) is 0 Å². The van der Waals surface area contributed by atoms with Crippen molar-refractivity contribution in [2.75, 3.05) is 20.8 Å². The fourth-order valence-corrected chi connectivity index (χ4v) is 1.60. The summed E-state index contributed by atoms with van der Waals surface area (Å²) in [6, 6.07) is 3.39. The van der Waals surface area contributed by atoms with Gasteiger partial charge < -0.3 is 19.3 Å². The zero-order valence-electron chi connectivity index (χ0n) is 12.7. The number of hydrogen-bond donors (Lipinski definition) is 1. The molecule has 5 heteroatoms. The van der Waals surface area contributed by atoms with Crippen LogP contribution in [0.15, 0.2) is 29.9 Å². The molecule has 1 aromatic rings. The lowest BCUT2D eigenvalue weighted by molar-refractivity contribution is -0.131. The minimum absolute atomic E-state index is 0.402. The monoisotopic (exact) mass is 292 g/mol. The molecule has 0 heterocycles. The highest BCUT2D eigenvalue weighted by atomic mass is 16.5. The number of carbonyl (C=O) groups is 1. The van der Waals surface area contributed by atoms with Gasteiger partial charge in [-0.15, -0.1) is 0 Å². The van der Waals surface area contributed by atoms with E-state index in [1.807, 2.05) is 19.9 Å². The lowest BCUT2D eigenvalue weighted by atomic mass is 10.1. The van der Waals surface area contributed by atoms with Crippen molar-refractivity contribution in [2.45, 2.75) is 13.8 Å². The average Bonchev–Trinajstić information content (AvgIpc) is 2.44. The number of carboxylic acid groups (broad SMARTS) is 1. The lowest BCUT2D eigenvalue weighted by Gasteiger charge is -2.14. The van der Waals surface area contributed by atoms with Gasteiger partial charge in [0.2, 0.25) is 5.75 Å². The Hall–Kier alpha value is -2.43. The number of allylic oxidation sites excluding steroid dienone is 1. The second-order valence-corrected chi connectivity index (χ2v) is 4.52. The van der Waals surface area contributed by atoms with Gasteiger partial charge >= 0.3 is 5.97 Å². The van der Waals surface area contributed by atoms with Crippen molar-refractivity contribution >= 4 is 12.0 Å². The summed E-state index contributed by atoms with van der Waals surface area (Å²) in [6.07, 6.45) is 4.46. The summed E-state index contributed by atoms with van der Waals surface area (Å²) in [7, 11) is 3.04. The van der Waals surface area contributed by atoms with E-state index in [1.54, 1.807) is 12.1 Å². The van der Waals surface area contributed by atoms with Crippen LogP contribution in [0.5, 0.6) is 17.2 Å². The maximum Gasteiger partial charge on any atom is 0.328 e. The Morgan fingerprint density at radius 3 is 2.19 bits per heavy atom. The second kappa shape index (κ2) is 7.99. The Labute approximate surface area is 124 Å². The first kappa shape index (κ1) is 16.6. The standard InChI is InChI=1S/C16H20O5/c1-11(2)7-8-21-16-13(19-3)9-12(5-6-15(17)18)10-14(16)20-4/h5-7,9-10H,8H2,1-4H3,(H,17,18)/b6-5+. The summed E-state index contributed by atoms with van der Waals surface area (Å²) in [5, 5.41) is 8.67. The summed E-state index contributed by atoms with van der Waals surface area (Å²) in [5.74, 6) is 0.449. The molecule has 0 bridgehead atoms. The number of aliphatic carboxylic acids is 1. The Morgan fingerprint density at radius 1 is 1.19 bits per heavy atom. The summed E-state index contributed by atoms with van der Waals surface area (Å²) in [4.78, 5) is 10.6. The molecule has 0 amide bonds. The third-order valence-corrected chi connectivity index (χ3v) is 2.62. The third kappa shape index (κ3) is 5.22. The van der Waals surface area contributed by atoms with Gasteiger partial charge in [0.1, 0.15) is 6.61 Å². The molecule has 0 aliphatic heterocycles. The molecule has 0 spiro atoms. The molecule has 0 fully saturated rings. The normalized spacial score (nSPS) is 10.3. The molecular formula is C16H20O5. The number of rotatable bonds is 7. The zero-order chi connectivity index (χ0) is 15.8. The highest BCUT2D eigenvalue weighted by Gasteiger charge is 2.13. The van der Waals surface area contributed by atoms with Crippen molar-refractivity contribution in [1.29, 1.82) is 0 Å². The van der Waals surface area contributed by atoms with Crippen LogP contribution in [0.1, 0.15) is 19.4 Å². The topological polar surface area (TPSA) is 65.0 Å². The van der Waals surface area contributed by atoms with E-state index in [2.05, 4.69) is 0 Å². The number of benzene rings is 1. The predicted octanol–water partition coefficient (Wildman–Crippen LogP) is 3.15. The van der Waals surface area contributed by atoms with E-state index in [1.165, 1.54) is 20.3 Å². The quantitative estimate of drug-likeness (QED) is 0.618. The van der Waals surface area contributed by atoms with Crippen LogP contribution in [-0.4, -0.2) is 31.9 Å². The Bertz CT molecular complexity index is 529. The van der Waals surface area contributed by atoms with Crippen molar-refractivity contribution in [1.82, 2.24) is 0 Å². The number of carboxylic acids is 1. The van der Waals surface area contributed by atoms with Gasteiger partial charge in [0.15, 0.2) is 11.5 Å². The summed E-state index contributed by atoms with van der Waals surface area (Å²) < 4.78 is 16.2.